The zero-order chi connectivity index (χ0) is 14.1. The van der Waals surface area contributed by atoms with Crippen LogP contribution in [0.15, 0.2) is 18.2 Å². The van der Waals surface area contributed by atoms with Crippen molar-refractivity contribution >= 4 is 0 Å². The van der Waals surface area contributed by atoms with Crippen molar-refractivity contribution in [2.45, 2.75) is 33.2 Å². The molecule has 0 aliphatic heterocycles. The van der Waals surface area contributed by atoms with Crippen LogP contribution >= 0.6 is 0 Å². The van der Waals surface area contributed by atoms with Crippen LogP contribution in [0.5, 0.6) is 5.75 Å². The van der Waals surface area contributed by atoms with Gasteiger partial charge >= 0.3 is 6.36 Å². The molecule has 0 amide bonds. The van der Waals surface area contributed by atoms with Gasteiger partial charge in [0.25, 0.3) is 0 Å². The fourth-order valence-electron chi connectivity index (χ4n) is 1.42. The van der Waals surface area contributed by atoms with Gasteiger partial charge in [0, 0.05) is 11.6 Å². The lowest BCUT2D eigenvalue weighted by molar-refractivity contribution is -0.274. The maximum Gasteiger partial charge on any atom is 0.573 e. The van der Waals surface area contributed by atoms with Crippen molar-refractivity contribution in [2.75, 3.05) is 0 Å². The highest BCUT2D eigenvalue weighted by molar-refractivity contribution is 5.32. The predicted octanol–water partition coefficient (Wildman–Crippen LogP) is 3.77. The molecule has 0 unspecified atom stereocenters. The Bertz CT molecular complexity index is 423. The van der Waals surface area contributed by atoms with E-state index in [9.17, 15) is 17.6 Å². The summed E-state index contributed by atoms with van der Waals surface area (Å²) in [6, 6.07) is 2.09. The normalized spacial score (nSPS) is 14.4. The van der Waals surface area contributed by atoms with E-state index in [0.717, 1.165) is 18.2 Å². The van der Waals surface area contributed by atoms with Crippen LogP contribution in [-0.2, 0) is 0 Å². The smallest absolute Gasteiger partial charge is 0.406 e. The van der Waals surface area contributed by atoms with Crippen LogP contribution in [0.25, 0.3) is 0 Å². The van der Waals surface area contributed by atoms with Crippen LogP contribution < -0.4 is 10.5 Å². The Hall–Kier alpha value is -1.30. The SMILES string of the molecule is CC(C)(C)[C@H](N)c1cc(OC(F)(F)F)ccc1F. The van der Waals surface area contributed by atoms with Gasteiger partial charge in [-0.2, -0.15) is 0 Å². The summed E-state index contributed by atoms with van der Waals surface area (Å²) in [5, 5.41) is 0. The van der Waals surface area contributed by atoms with Crippen molar-refractivity contribution in [3.8, 4) is 5.75 Å². The van der Waals surface area contributed by atoms with Gasteiger partial charge in [0.05, 0.1) is 0 Å². The van der Waals surface area contributed by atoms with Crippen molar-refractivity contribution in [1.29, 1.82) is 0 Å². The number of ether oxygens (including phenoxy) is 1. The number of benzene rings is 1. The van der Waals surface area contributed by atoms with Crippen LogP contribution in [0, 0.1) is 11.2 Å². The summed E-state index contributed by atoms with van der Waals surface area (Å²) < 4.78 is 53.5. The van der Waals surface area contributed by atoms with Crippen LogP contribution in [-0.4, -0.2) is 6.36 Å². The molecule has 0 fully saturated rings. The first kappa shape index (κ1) is 14.8. The summed E-state index contributed by atoms with van der Waals surface area (Å²) in [7, 11) is 0. The molecule has 0 aliphatic carbocycles. The van der Waals surface area contributed by atoms with Crippen LogP contribution in [0.1, 0.15) is 32.4 Å². The molecule has 0 saturated carbocycles. The minimum Gasteiger partial charge on any atom is -0.406 e. The molecular weight excluding hydrogens is 250 g/mol. The van der Waals surface area contributed by atoms with Gasteiger partial charge in [-0.3, -0.25) is 0 Å². The van der Waals surface area contributed by atoms with Crippen LogP contribution in [0.4, 0.5) is 17.6 Å². The molecule has 6 heteroatoms. The Balaban J connectivity index is 3.09. The molecule has 1 rings (SSSR count). The third kappa shape index (κ3) is 3.87. The monoisotopic (exact) mass is 265 g/mol. The summed E-state index contributed by atoms with van der Waals surface area (Å²) in [4.78, 5) is 0. The first-order valence-electron chi connectivity index (χ1n) is 5.31. The van der Waals surface area contributed by atoms with Gasteiger partial charge in [-0.05, 0) is 23.6 Å². The number of rotatable bonds is 2. The standard InChI is InChI=1S/C12H15F4NO/c1-11(2,3)10(17)8-6-7(4-5-9(8)13)18-12(14,15)16/h4-6,10H,17H2,1-3H3/t10-/m1/s1. The first-order chi connectivity index (χ1) is 8.00. The third-order valence-electron chi connectivity index (χ3n) is 2.47. The van der Waals surface area contributed by atoms with Crippen molar-refractivity contribution in [2.24, 2.45) is 11.1 Å². The highest BCUT2D eigenvalue weighted by atomic mass is 19.4. The molecule has 0 radical (unpaired) electrons. The minimum atomic E-state index is -4.80. The highest BCUT2D eigenvalue weighted by Crippen LogP contribution is 2.34. The number of nitrogens with two attached hydrogens (primary N) is 1. The van der Waals surface area contributed by atoms with E-state index in [1.54, 1.807) is 20.8 Å². The average Bonchev–Trinajstić information content (AvgIpc) is 2.16. The Morgan fingerprint density at radius 1 is 1.17 bits per heavy atom. The van der Waals surface area contributed by atoms with E-state index in [1.807, 2.05) is 0 Å². The zero-order valence-electron chi connectivity index (χ0n) is 10.3. The van der Waals surface area contributed by atoms with E-state index < -0.39 is 29.4 Å². The third-order valence-corrected chi connectivity index (χ3v) is 2.47. The second-order valence-electron chi connectivity index (χ2n) is 5.07. The van der Waals surface area contributed by atoms with Gasteiger partial charge < -0.3 is 10.5 Å². The lowest BCUT2D eigenvalue weighted by atomic mass is 9.83. The van der Waals surface area contributed by atoms with Crippen molar-refractivity contribution in [3.05, 3.63) is 29.6 Å². The molecular formula is C12H15F4NO. The second-order valence-corrected chi connectivity index (χ2v) is 5.07. The lowest BCUT2D eigenvalue weighted by Gasteiger charge is -2.28. The van der Waals surface area contributed by atoms with Crippen LogP contribution in [0.2, 0.25) is 0 Å². The molecule has 0 heterocycles. The number of halogens is 4. The Morgan fingerprint density at radius 3 is 2.17 bits per heavy atom. The molecule has 18 heavy (non-hydrogen) atoms. The Labute approximate surface area is 103 Å². The molecule has 0 bridgehead atoms. The van der Waals surface area contributed by atoms with Gasteiger partial charge in [0.2, 0.25) is 0 Å². The molecule has 0 spiro atoms. The summed E-state index contributed by atoms with van der Waals surface area (Å²) in [5.74, 6) is -1.12. The van der Waals surface area contributed by atoms with E-state index in [-0.39, 0.29) is 5.56 Å². The van der Waals surface area contributed by atoms with Gasteiger partial charge in [-0.1, -0.05) is 20.8 Å². The fourth-order valence-corrected chi connectivity index (χ4v) is 1.42. The minimum absolute atomic E-state index is 0.00394. The Kier molecular flexibility index (Phi) is 3.90. The summed E-state index contributed by atoms with van der Waals surface area (Å²) >= 11 is 0. The van der Waals surface area contributed by atoms with Gasteiger partial charge in [-0.25, -0.2) is 4.39 Å². The van der Waals surface area contributed by atoms with Gasteiger partial charge in [0.15, 0.2) is 0 Å². The van der Waals surface area contributed by atoms with E-state index in [1.165, 1.54) is 0 Å². The molecule has 102 valence electrons. The molecule has 1 aromatic rings. The maximum atomic E-state index is 13.6. The van der Waals surface area contributed by atoms with E-state index in [0.29, 0.717) is 0 Å². The number of hydrogen-bond donors (Lipinski definition) is 1. The molecule has 2 N–H and O–H groups in total. The highest BCUT2D eigenvalue weighted by Gasteiger charge is 2.32. The molecule has 0 saturated heterocycles. The topological polar surface area (TPSA) is 35.2 Å². The number of alkyl halides is 3. The molecule has 1 aromatic carbocycles. The number of hydrogen-bond acceptors (Lipinski definition) is 2. The molecule has 0 aliphatic rings. The fraction of sp³-hybridized carbons (Fsp3) is 0.500. The first-order valence-corrected chi connectivity index (χ1v) is 5.31. The van der Waals surface area contributed by atoms with E-state index in [2.05, 4.69) is 4.74 Å². The Morgan fingerprint density at radius 2 is 1.72 bits per heavy atom. The summed E-state index contributed by atoms with van der Waals surface area (Å²) in [6.45, 7) is 5.32. The van der Waals surface area contributed by atoms with Crippen LogP contribution in [0.3, 0.4) is 0 Å². The lowest BCUT2D eigenvalue weighted by Crippen LogP contribution is -2.27. The van der Waals surface area contributed by atoms with Crippen molar-refractivity contribution in [1.82, 2.24) is 0 Å². The van der Waals surface area contributed by atoms with Crippen molar-refractivity contribution < 1.29 is 22.3 Å². The predicted molar refractivity (Wildman–Crippen MR) is 59.5 cm³/mol. The molecule has 1 atom stereocenters. The van der Waals surface area contributed by atoms with Crippen molar-refractivity contribution in [3.63, 3.8) is 0 Å². The zero-order valence-corrected chi connectivity index (χ0v) is 10.3. The average molecular weight is 265 g/mol. The van der Waals surface area contributed by atoms with E-state index in [4.69, 9.17) is 5.73 Å². The molecule has 2 nitrogen and oxygen atoms in total. The molecule has 0 aromatic heterocycles. The maximum absolute atomic E-state index is 13.6. The van der Waals surface area contributed by atoms with Gasteiger partial charge in [0.1, 0.15) is 11.6 Å². The second kappa shape index (κ2) is 4.76. The largest absolute Gasteiger partial charge is 0.573 e. The quantitative estimate of drug-likeness (QED) is 0.826. The van der Waals surface area contributed by atoms with Gasteiger partial charge in [-0.15, -0.1) is 13.2 Å². The summed E-state index contributed by atoms with van der Waals surface area (Å²) in [5.41, 5.74) is 5.36. The van der Waals surface area contributed by atoms with E-state index >= 15 is 0 Å². The summed E-state index contributed by atoms with van der Waals surface area (Å²) in [6.07, 6.45) is -4.80.